The Morgan fingerprint density at radius 2 is 1.54 bits per heavy atom. The molecule has 1 aliphatic carbocycles. The molecule has 3 fully saturated rings. The number of hydrogen-bond acceptors (Lipinski definition) is 7. The lowest BCUT2D eigenvalue weighted by Gasteiger charge is -2.21. The van der Waals surface area contributed by atoms with Crippen molar-refractivity contribution < 1.29 is 24.6 Å². The van der Waals surface area contributed by atoms with Crippen LogP contribution in [0.25, 0.3) is 0 Å². The van der Waals surface area contributed by atoms with Gasteiger partial charge in [0.1, 0.15) is 11.4 Å². The lowest BCUT2D eigenvalue weighted by Crippen LogP contribution is -2.29. The van der Waals surface area contributed by atoms with Crippen LogP contribution >= 0.6 is 0 Å². The largest absolute Gasteiger partial charge is 0.481 e. The number of carboxylic acid groups (broad SMARTS) is 1. The molecule has 3 aliphatic heterocycles. The number of carbonyl (C=O) groups excluding carboxylic acids is 2. The zero-order chi connectivity index (χ0) is 17.4. The average molecular weight is 335 g/mol. The summed E-state index contributed by atoms with van der Waals surface area (Å²) >= 11 is 0. The van der Waals surface area contributed by atoms with Crippen molar-refractivity contribution >= 4 is 17.5 Å². The van der Waals surface area contributed by atoms with Gasteiger partial charge in [0.25, 0.3) is 0 Å². The van der Waals surface area contributed by atoms with E-state index in [2.05, 4.69) is 0 Å². The third-order valence-electron chi connectivity index (χ3n) is 3.96. The minimum atomic E-state index is -0.963. The minimum absolute atomic E-state index is 0.00546. The Balaban J connectivity index is 0.000000209. The summed E-state index contributed by atoms with van der Waals surface area (Å²) in [5, 5.41) is 16.3. The summed E-state index contributed by atoms with van der Waals surface area (Å²) in [4.78, 5) is 40.1. The van der Waals surface area contributed by atoms with E-state index in [0.29, 0.717) is 17.1 Å². The maximum Gasteiger partial charge on any atom is 0.305 e. The second-order valence-corrected chi connectivity index (χ2v) is 6.33. The van der Waals surface area contributed by atoms with Crippen molar-refractivity contribution in [1.29, 1.82) is 0 Å². The monoisotopic (exact) mass is 335 g/mol. The lowest BCUT2D eigenvalue weighted by atomic mass is 10.0. The zero-order valence-corrected chi connectivity index (χ0v) is 13.6. The maximum atomic E-state index is 12.4. The van der Waals surface area contributed by atoms with E-state index >= 15 is 0 Å². The highest BCUT2D eigenvalue weighted by molar-refractivity contribution is 6.22. The van der Waals surface area contributed by atoms with Crippen LogP contribution < -0.4 is 0 Å². The number of ketones is 2. The second kappa shape index (κ2) is 6.27. The van der Waals surface area contributed by atoms with Crippen LogP contribution in [0.2, 0.25) is 0 Å². The Bertz CT molecular complexity index is 640. The number of hydrogen-bond donors (Lipinski definition) is 2. The van der Waals surface area contributed by atoms with Gasteiger partial charge in [-0.05, 0) is 6.92 Å². The standard InChI is InChI=1S/C12H13N3O2.C4H8O3/c16-9-7-8(13-1-2-13)12(17)11(15-5-6-15)10(9)14-3-4-14;1-3(5)2-4(6)7/h7H,1-6H2;3,5H,2H2,1H3,(H,6,7). The van der Waals surface area contributed by atoms with Gasteiger partial charge in [0.05, 0.1) is 18.2 Å². The first-order valence-corrected chi connectivity index (χ1v) is 8.08. The molecular weight excluding hydrogens is 314 g/mol. The summed E-state index contributed by atoms with van der Waals surface area (Å²) in [6.07, 6.45) is 0.633. The highest BCUT2D eigenvalue weighted by Gasteiger charge is 2.43. The maximum absolute atomic E-state index is 12.4. The minimum Gasteiger partial charge on any atom is -0.481 e. The first kappa shape index (κ1) is 16.5. The number of aliphatic carboxylic acids is 1. The quantitative estimate of drug-likeness (QED) is 0.489. The fourth-order valence-corrected chi connectivity index (χ4v) is 2.53. The van der Waals surface area contributed by atoms with Crippen molar-refractivity contribution in [3.8, 4) is 0 Å². The molecule has 4 aliphatic rings. The van der Waals surface area contributed by atoms with Gasteiger partial charge < -0.3 is 24.9 Å². The second-order valence-electron chi connectivity index (χ2n) is 6.33. The van der Waals surface area contributed by atoms with Gasteiger partial charge in [0.2, 0.25) is 11.6 Å². The van der Waals surface area contributed by atoms with Crippen molar-refractivity contribution in [2.45, 2.75) is 19.4 Å². The number of nitrogens with zero attached hydrogens (tertiary/aromatic N) is 3. The van der Waals surface area contributed by atoms with Gasteiger partial charge in [-0.2, -0.15) is 0 Å². The van der Waals surface area contributed by atoms with E-state index in [9.17, 15) is 14.4 Å². The predicted octanol–water partition coefficient (Wildman–Crippen LogP) is -0.978. The number of carboxylic acids is 1. The third-order valence-corrected chi connectivity index (χ3v) is 3.96. The first-order chi connectivity index (χ1) is 11.4. The molecule has 8 heteroatoms. The van der Waals surface area contributed by atoms with Crippen LogP contribution in [0.1, 0.15) is 13.3 Å². The smallest absolute Gasteiger partial charge is 0.305 e. The fraction of sp³-hybridized carbons (Fsp3) is 0.562. The van der Waals surface area contributed by atoms with E-state index < -0.39 is 12.1 Å². The van der Waals surface area contributed by atoms with Crippen LogP contribution in [0.3, 0.4) is 0 Å². The Hall–Kier alpha value is -2.35. The van der Waals surface area contributed by atoms with Crippen LogP contribution in [-0.2, 0) is 14.4 Å². The van der Waals surface area contributed by atoms with E-state index in [1.807, 2.05) is 14.7 Å². The molecule has 130 valence electrons. The SMILES string of the molecule is CC(O)CC(=O)O.O=C1C=C(N2CC2)C(=O)C(N2CC2)=C1N1CC1. The summed E-state index contributed by atoms with van der Waals surface area (Å²) in [7, 11) is 0. The summed E-state index contributed by atoms with van der Waals surface area (Å²) in [5.41, 5.74) is 1.89. The average Bonchev–Trinajstić information content (AvgIpc) is 3.36. The van der Waals surface area contributed by atoms with E-state index in [0.717, 1.165) is 39.3 Å². The molecule has 0 aromatic rings. The molecule has 0 aromatic carbocycles. The van der Waals surface area contributed by atoms with Crippen LogP contribution in [0, 0.1) is 0 Å². The van der Waals surface area contributed by atoms with Gasteiger partial charge in [-0.15, -0.1) is 0 Å². The molecule has 0 bridgehead atoms. The number of Topliss-reactive ketones (excluding diaryl/α,β-unsaturated/α-hetero) is 1. The fourth-order valence-electron chi connectivity index (χ4n) is 2.53. The molecule has 1 unspecified atom stereocenters. The number of aliphatic hydroxyl groups is 1. The zero-order valence-electron chi connectivity index (χ0n) is 13.6. The van der Waals surface area contributed by atoms with E-state index in [-0.39, 0.29) is 18.0 Å². The normalized spacial score (nSPS) is 22.8. The highest BCUT2D eigenvalue weighted by atomic mass is 16.4. The van der Waals surface area contributed by atoms with Crippen molar-refractivity contribution in [3.05, 3.63) is 23.2 Å². The van der Waals surface area contributed by atoms with Gasteiger partial charge in [0.15, 0.2) is 0 Å². The summed E-state index contributed by atoms with van der Waals surface area (Å²) in [6, 6.07) is 0. The number of allylic oxidation sites excluding steroid dienone is 1. The molecule has 0 radical (unpaired) electrons. The Morgan fingerprint density at radius 1 is 1.04 bits per heavy atom. The van der Waals surface area contributed by atoms with Crippen LogP contribution in [-0.4, -0.2) is 87.8 Å². The molecule has 0 aromatic heterocycles. The molecule has 0 spiro atoms. The third kappa shape index (κ3) is 3.76. The summed E-state index contributed by atoms with van der Waals surface area (Å²) in [5.74, 6) is -0.914. The topological polar surface area (TPSA) is 101 Å². The lowest BCUT2D eigenvalue weighted by molar-refractivity contribution is -0.138. The molecule has 24 heavy (non-hydrogen) atoms. The molecule has 1 atom stereocenters. The van der Waals surface area contributed by atoms with Crippen molar-refractivity contribution in [2.75, 3.05) is 39.3 Å². The van der Waals surface area contributed by atoms with E-state index in [1.54, 1.807) is 0 Å². The molecular formula is C16H21N3O5. The van der Waals surface area contributed by atoms with Crippen molar-refractivity contribution in [1.82, 2.24) is 14.7 Å². The van der Waals surface area contributed by atoms with Crippen molar-refractivity contribution in [3.63, 3.8) is 0 Å². The number of carbonyl (C=O) groups is 3. The number of aliphatic hydroxyl groups excluding tert-OH is 1. The summed E-state index contributed by atoms with van der Waals surface area (Å²) in [6.45, 7) is 6.84. The number of rotatable bonds is 5. The predicted molar refractivity (Wildman–Crippen MR) is 83.8 cm³/mol. The van der Waals surface area contributed by atoms with Crippen LogP contribution in [0.5, 0.6) is 0 Å². The highest BCUT2D eigenvalue weighted by Crippen LogP contribution is 2.33. The molecule has 3 saturated heterocycles. The molecule has 0 amide bonds. The molecule has 0 saturated carbocycles. The Labute approximate surface area is 139 Å². The summed E-state index contributed by atoms with van der Waals surface area (Å²) < 4.78 is 0. The van der Waals surface area contributed by atoms with Gasteiger partial charge in [-0.1, -0.05) is 0 Å². The van der Waals surface area contributed by atoms with Crippen molar-refractivity contribution in [2.24, 2.45) is 0 Å². The molecule has 8 nitrogen and oxygen atoms in total. The molecule has 4 rings (SSSR count). The first-order valence-electron chi connectivity index (χ1n) is 8.08. The van der Waals surface area contributed by atoms with E-state index in [1.165, 1.54) is 13.0 Å². The van der Waals surface area contributed by atoms with Crippen LogP contribution in [0.15, 0.2) is 23.2 Å². The Kier molecular flexibility index (Phi) is 4.31. The van der Waals surface area contributed by atoms with Crippen LogP contribution in [0.4, 0.5) is 0 Å². The molecule has 3 heterocycles. The van der Waals surface area contributed by atoms with E-state index in [4.69, 9.17) is 10.2 Å². The Morgan fingerprint density at radius 3 is 1.92 bits per heavy atom. The van der Waals surface area contributed by atoms with Gasteiger partial charge in [0, 0.05) is 45.3 Å². The van der Waals surface area contributed by atoms with Gasteiger partial charge in [-0.3, -0.25) is 14.4 Å². The van der Waals surface area contributed by atoms with Gasteiger partial charge >= 0.3 is 5.97 Å². The molecule has 2 N–H and O–H groups in total. The van der Waals surface area contributed by atoms with Gasteiger partial charge in [-0.25, -0.2) is 0 Å².